The molecule has 1 spiro atoms. The predicted molar refractivity (Wildman–Crippen MR) is 140 cm³/mol. The fourth-order valence-electron chi connectivity index (χ4n) is 6.17. The summed E-state index contributed by atoms with van der Waals surface area (Å²) in [5.74, 6) is 0.339. The van der Waals surface area contributed by atoms with Crippen LogP contribution >= 0.6 is 0 Å². The number of carbonyl (C=O) groups excluding carboxylic acids is 3. The van der Waals surface area contributed by atoms with Gasteiger partial charge in [-0.25, -0.2) is 9.97 Å². The zero-order chi connectivity index (χ0) is 25.9. The molecule has 2 saturated heterocycles. The molecule has 2 atom stereocenters. The van der Waals surface area contributed by atoms with Gasteiger partial charge in [-0.3, -0.25) is 14.4 Å². The van der Waals surface area contributed by atoms with E-state index in [1.807, 2.05) is 40.1 Å². The lowest BCUT2D eigenvalue weighted by Crippen LogP contribution is -2.50. The summed E-state index contributed by atoms with van der Waals surface area (Å²) in [6, 6.07) is 9.45. The van der Waals surface area contributed by atoms with E-state index in [1.54, 1.807) is 12.4 Å². The number of benzene rings is 1. The second-order valence-corrected chi connectivity index (χ2v) is 11.5. The van der Waals surface area contributed by atoms with Gasteiger partial charge in [-0.2, -0.15) is 0 Å². The Bertz CT molecular complexity index is 1410. The number of hydrogen-bond acceptors (Lipinski definition) is 5. The summed E-state index contributed by atoms with van der Waals surface area (Å²) in [5, 5.41) is 3.03. The minimum Gasteiger partial charge on any atom is -0.344 e. The molecule has 1 aromatic carbocycles. The lowest BCUT2D eigenvalue weighted by molar-refractivity contribution is -0.137. The second-order valence-electron chi connectivity index (χ2n) is 11.5. The van der Waals surface area contributed by atoms with Gasteiger partial charge in [0.2, 0.25) is 11.8 Å². The molecule has 9 heteroatoms. The molecule has 7 rings (SSSR count). The molecule has 1 unspecified atom stereocenters. The molecule has 2 saturated carbocycles. The molecule has 2 N–H and O–H groups in total. The molecule has 4 aliphatic rings. The maximum atomic E-state index is 13.7. The zero-order valence-electron chi connectivity index (χ0n) is 21.4. The molecule has 196 valence electrons. The van der Waals surface area contributed by atoms with Crippen LogP contribution in [-0.2, 0) is 16.1 Å². The largest absolute Gasteiger partial charge is 0.344 e. The second kappa shape index (κ2) is 8.92. The van der Waals surface area contributed by atoms with E-state index in [4.69, 9.17) is 4.98 Å². The van der Waals surface area contributed by atoms with E-state index in [1.165, 1.54) is 0 Å². The molecule has 9 nitrogen and oxygen atoms in total. The number of H-pyrrole nitrogens is 1. The normalized spacial score (nSPS) is 23.9. The number of aromatic amines is 1. The summed E-state index contributed by atoms with van der Waals surface area (Å²) < 4.78 is 0. The molecule has 0 radical (unpaired) electrons. The Morgan fingerprint density at radius 1 is 1.11 bits per heavy atom. The maximum absolute atomic E-state index is 13.7. The van der Waals surface area contributed by atoms with Gasteiger partial charge in [0.1, 0.15) is 11.6 Å². The Balaban J connectivity index is 1.05. The average Bonchev–Trinajstić information content (AvgIpc) is 3.86. The van der Waals surface area contributed by atoms with Gasteiger partial charge in [0.25, 0.3) is 5.91 Å². The fourth-order valence-corrected chi connectivity index (χ4v) is 6.17. The van der Waals surface area contributed by atoms with Gasteiger partial charge in [0.05, 0.1) is 22.9 Å². The summed E-state index contributed by atoms with van der Waals surface area (Å²) in [4.78, 5) is 56.5. The van der Waals surface area contributed by atoms with Crippen molar-refractivity contribution in [3.63, 3.8) is 0 Å². The highest BCUT2D eigenvalue weighted by Crippen LogP contribution is 2.43. The van der Waals surface area contributed by atoms with Crippen LogP contribution in [0.1, 0.15) is 66.1 Å². The van der Waals surface area contributed by atoms with Crippen molar-refractivity contribution in [1.29, 1.82) is 0 Å². The molecule has 2 aromatic heterocycles. The lowest BCUT2D eigenvalue weighted by atomic mass is 9.85. The lowest BCUT2D eigenvalue weighted by Gasteiger charge is -2.27. The molecule has 3 amide bonds. The van der Waals surface area contributed by atoms with Gasteiger partial charge in [-0.05, 0) is 50.0 Å². The molecule has 4 heterocycles. The zero-order valence-corrected chi connectivity index (χ0v) is 21.4. The van der Waals surface area contributed by atoms with E-state index < -0.39 is 11.5 Å². The molecular formula is C29H32N6O3. The summed E-state index contributed by atoms with van der Waals surface area (Å²) in [6.07, 6.45) is 8.90. The van der Waals surface area contributed by atoms with Crippen molar-refractivity contribution >= 4 is 28.9 Å². The van der Waals surface area contributed by atoms with E-state index in [-0.39, 0.29) is 23.6 Å². The van der Waals surface area contributed by atoms with Crippen molar-refractivity contribution in [2.75, 3.05) is 19.6 Å². The van der Waals surface area contributed by atoms with Crippen LogP contribution in [0.2, 0.25) is 0 Å². The van der Waals surface area contributed by atoms with Crippen LogP contribution in [-0.4, -0.2) is 68.1 Å². The molecule has 2 aliphatic carbocycles. The third-order valence-corrected chi connectivity index (χ3v) is 8.77. The Hall–Kier alpha value is -3.75. The highest BCUT2D eigenvalue weighted by molar-refractivity contribution is 6.06. The molecule has 3 aromatic rings. The van der Waals surface area contributed by atoms with Crippen LogP contribution in [0.25, 0.3) is 11.2 Å². The Morgan fingerprint density at radius 2 is 1.89 bits per heavy atom. The van der Waals surface area contributed by atoms with Crippen LogP contribution in [0.4, 0.5) is 0 Å². The SMILES string of the molecule is O=C(N[C@@H](C(=O)N1CCC2(CCN(Cc3ccccc3)C2=O)C1)C1CC1)c1c[nH]c2ncc(C3CC3)nc12. The molecule has 4 fully saturated rings. The smallest absolute Gasteiger partial charge is 0.255 e. The third-order valence-electron chi connectivity index (χ3n) is 8.77. The quantitative estimate of drug-likeness (QED) is 0.506. The van der Waals surface area contributed by atoms with E-state index in [0.29, 0.717) is 55.2 Å². The van der Waals surface area contributed by atoms with Gasteiger partial charge >= 0.3 is 0 Å². The number of fused-ring (bicyclic) bond motifs is 1. The highest BCUT2D eigenvalue weighted by Gasteiger charge is 2.53. The monoisotopic (exact) mass is 512 g/mol. The first-order valence-corrected chi connectivity index (χ1v) is 13.8. The standard InChI is InChI=1S/C29H32N6O3/c36-26(21-14-30-25-24(21)32-22(15-31-25)19-6-7-19)33-23(20-8-9-20)27(37)35-13-11-29(17-35)10-12-34(28(29)38)16-18-4-2-1-3-5-18/h1-5,14-15,19-20,23H,6-13,16-17H2,(H,30,31)(H,33,36)/t23-,29?/m1/s1. The van der Waals surface area contributed by atoms with Gasteiger partial charge in [-0.1, -0.05) is 30.3 Å². The van der Waals surface area contributed by atoms with Crippen LogP contribution in [0.3, 0.4) is 0 Å². The summed E-state index contributed by atoms with van der Waals surface area (Å²) in [7, 11) is 0. The third kappa shape index (κ3) is 4.14. The average molecular weight is 513 g/mol. The predicted octanol–water partition coefficient (Wildman–Crippen LogP) is 2.99. The van der Waals surface area contributed by atoms with E-state index in [9.17, 15) is 14.4 Å². The maximum Gasteiger partial charge on any atom is 0.255 e. The van der Waals surface area contributed by atoms with E-state index in [2.05, 4.69) is 15.3 Å². The number of aromatic nitrogens is 3. The first-order valence-electron chi connectivity index (χ1n) is 13.8. The Kier molecular flexibility index (Phi) is 5.49. The van der Waals surface area contributed by atoms with Crippen molar-refractivity contribution in [3.8, 4) is 0 Å². The summed E-state index contributed by atoms with van der Waals surface area (Å²) in [6.45, 7) is 2.29. The number of likely N-dealkylation sites (tertiary alicyclic amines) is 2. The van der Waals surface area contributed by atoms with Crippen molar-refractivity contribution in [3.05, 3.63) is 59.5 Å². The van der Waals surface area contributed by atoms with Crippen molar-refractivity contribution in [2.24, 2.45) is 11.3 Å². The van der Waals surface area contributed by atoms with E-state index >= 15 is 0 Å². The number of amides is 3. The number of carbonyl (C=O) groups is 3. The topological polar surface area (TPSA) is 111 Å². The number of nitrogens with zero attached hydrogens (tertiary/aromatic N) is 4. The van der Waals surface area contributed by atoms with Crippen molar-refractivity contribution in [1.82, 2.24) is 30.1 Å². The van der Waals surface area contributed by atoms with Gasteiger partial charge in [-0.15, -0.1) is 0 Å². The van der Waals surface area contributed by atoms with Crippen LogP contribution < -0.4 is 5.32 Å². The Labute approximate surface area is 221 Å². The van der Waals surface area contributed by atoms with Crippen LogP contribution in [0.5, 0.6) is 0 Å². The van der Waals surface area contributed by atoms with Gasteiger partial charge in [0.15, 0.2) is 5.65 Å². The number of rotatable bonds is 7. The first-order chi connectivity index (χ1) is 18.5. The van der Waals surface area contributed by atoms with Crippen molar-refractivity contribution in [2.45, 2.75) is 57.0 Å². The fraction of sp³-hybridized carbons (Fsp3) is 0.483. The Morgan fingerprint density at radius 3 is 2.66 bits per heavy atom. The number of nitrogens with one attached hydrogen (secondary N) is 2. The van der Waals surface area contributed by atoms with E-state index in [0.717, 1.165) is 43.4 Å². The minimum atomic E-state index is -0.584. The minimum absolute atomic E-state index is 0.0726. The molecule has 38 heavy (non-hydrogen) atoms. The summed E-state index contributed by atoms with van der Waals surface area (Å²) >= 11 is 0. The van der Waals surface area contributed by atoms with Crippen molar-refractivity contribution < 1.29 is 14.4 Å². The van der Waals surface area contributed by atoms with Gasteiger partial charge < -0.3 is 20.1 Å². The summed E-state index contributed by atoms with van der Waals surface area (Å²) in [5.41, 5.74) is 3.10. The molecular weight excluding hydrogens is 480 g/mol. The van der Waals surface area contributed by atoms with Crippen LogP contribution in [0.15, 0.2) is 42.7 Å². The van der Waals surface area contributed by atoms with Crippen LogP contribution in [0, 0.1) is 11.3 Å². The highest BCUT2D eigenvalue weighted by atomic mass is 16.2. The number of hydrogen-bond donors (Lipinski definition) is 2. The molecule has 2 aliphatic heterocycles. The molecule has 0 bridgehead atoms. The first kappa shape index (κ1) is 23.4. The van der Waals surface area contributed by atoms with Gasteiger partial charge in [0, 0.05) is 38.3 Å².